The van der Waals surface area contributed by atoms with Crippen LogP contribution in [0.3, 0.4) is 0 Å². The van der Waals surface area contributed by atoms with Gasteiger partial charge in [0.15, 0.2) is 0 Å². The van der Waals surface area contributed by atoms with Crippen LogP contribution in [-0.2, 0) is 20.9 Å². The van der Waals surface area contributed by atoms with E-state index in [1.807, 2.05) is 0 Å². The molecule has 0 aromatic carbocycles. The van der Waals surface area contributed by atoms with Crippen LogP contribution in [0.25, 0.3) is 0 Å². The summed E-state index contributed by atoms with van der Waals surface area (Å²) >= 11 is 0. The second-order valence-electron chi connectivity index (χ2n) is 4.98. The maximum atomic E-state index is 12.3. The second-order valence-corrected chi connectivity index (χ2v) is 4.98. The zero-order valence-electron chi connectivity index (χ0n) is 11.5. The molecule has 1 aliphatic heterocycles. The smallest absolute Gasteiger partial charge is 0.335 e. The third-order valence-corrected chi connectivity index (χ3v) is 3.13. The van der Waals surface area contributed by atoms with E-state index in [4.69, 9.17) is 4.74 Å². The van der Waals surface area contributed by atoms with Gasteiger partial charge in [0.25, 0.3) is 0 Å². The molecule has 20 heavy (non-hydrogen) atoms. The summed E-state index contributed by atoms with van der Waals surface area (Å²) in [5, 5.41) is 6.21. The fourth-order valence-corrected chi connectivity index (χ4v) is 1.79. The molecule has 0 saturated carbocycles. The molecule has 108 valence electrons. The van der Waals surface area contributed by atoms with Crippen LogP contribution in [0.5, 0.6) is 0 Å². The summed E-state index contributed by atoms with van der Waals surface area (Å²) in [4.78, 5) is 36.7. The summed E-state index contributed by atoms with van der Waals surface area (Å²) in [7, 11) is 1.57. The zero-order valence-corrected chi connectivity index (χ0v) is 11.5. The van der Waals surface area contributed by atoms with Gasteiger partial charge in [0.2, 0.25) is 11.8 Å². The zero-order chi connectivity index (χ0) is 14.9. The highest BCUT2D eigenvalue weighted by Crippen LogP contribution is 2.27. The molecule has 1 N–H and O–H groups in total. The number of nitrogens with zero attached hydrogens (tertiary/aromatic N) is 3. The molecule has 2 rings (SSSR count). The van der Waals surface area contributed by atoms with Crippen molar-refractivity contribution in [2.45, 2.75) is 20.4 Å². The molecule has 2 heterocycles. The predicted octanol–water partition coefficient (Wildman–Crippen LogP) is 0.138. The van der Waals surface area contributed by atoms with Crippen LogP contribution in [0.2, 0.25) is 0 Å². The Morgan fingerprint density at radius 3 is 2.70 bits per heavy atom. The number of barbiturate groups is 1. The lowest BCUT2D eigenvalue weighted by Gasteiger charge is -2.33. The number of anilines is 1. The van der Waals surface area contributed by atoms with Gasteiger partial charge in [0, 0.05) is 13.3 Å². The van der Waals surface area contributed by atoms with Crippen molar-refractivity contribution < 1.29 is 19.1 Å². The molecule has 0 atom stereocenters. The Labute approximate surface area is 115 Å². The summed E-state index contributed by atoms with van der Waals surface area (Å²) in [6.45, 7) is 3.91. The number of urea groups is 1. The average Bonchev–Trinajstić information content (AvgIpc) is 2.83. The maximum absolute atomic E-state index is 12.3. The number of imide groups is 2. The van der Waals surface area contributed by atoms with Gasteiger partial charge in [0.05, 0.1) is 25.0 Å². The number of ether oxygens (including phenoxy) is 1. The lowest BCUT2D eigenvalue weighted by atomic mass is 9.89. The topological polar surface area (TPSA) is 93.5 Å². The lowest BCUT2D eigenvalue weighted by Crippen LogP contribution is -2.62. The van der Waals surface area contributed by atoms with Crippen molar-refractivity contribution in [3.63, 3.8) is 0 Å². The molecule has 0 spiro atoms. The lowest BCUT2D eigenvalue weighted by molar-refractivity contribution is -0.140. The van der Waals surface area contributed by atoms with Crippen molar-refractivity contribution in [1.29, 1.82) is 0 Å². The molecule has 4 amide bonds. The first-order chi connectivity index (χ1) is 9.37. The van der Waals surface area contributed by atoms with Gasteiger partial charge in [-0.1, -0.05) is 0 Å². The molecular formula is C12H16N4O4. The SMILES string of the molecule is COCCn1cc(N2C(=O)NC(=O)C(C)(C)C2=O)cn1. The van der Waals surface area contributed by atoms with Crippen LogP contribution in [0, 0.1) is 5.41 Å². The summed E-state index contributed by atoms with van der Waals surface area (Å²) < 4.78 is 6.48. The molecule has 0 bridgehead atoms. The third kappa shape index (κ3) is 2.29. The normalized spacial score (nSPS) is 18.4. The standard InChI is InChI=1S/C12H16N4O4/c1-12(2)9(17)14-11(19)16(10(12)18)8-6-13-15(7-8)4-5-20-3/h6-7H,4-5H2,1-3H3,(H,14,17,19). The number of aromatic nitrogens is 2. The highest BCUT2D eigenvalue weighted by Gasteiger charge is 2.47. The Kier molecular flexibility index (Phi) is 3.58. The molecule has 0 unspecified atom stereocenters. The minimum atomic E-state index is -1.29. The Morgan fingerprint density at radius 1 is 1.35 bits per heavy atom. The van der Waals surface area contributed by atoms with Gasteiger partial charge in [-0.3, -0.25) is 19.6 Å². The van der Waals surface area contributed by atoms with E-state index < -0.39 is 23.3 Å². The van der Waals surface area contributed by atoms with Gasteiger partial charge in [-0.05, 0) is 13.8 Å². The molecule has 1 aromatic heterocycles. The Hall–Kier alpha value is -2.22. The van der Waals surface area contributed by atoms with Crippen LogP contribution in [0.15, 0.2) is 12.4 Å². The number of hydrogen-bond donors (Lipinski definition) is 1. The Morgan fingerprint density at radius 2 is 2.05 bits per heavy atom. The molecule has 8 nitrogen and oxygen atoms in total. The number of carbonyl (C=O) groups is 3. The summed E-state index contributed by atoms with van der Waals surface area (Å²) in [6, 6.07) is -0.759. The van der Waals surface area contributed by atoms with Crippen LogP contribution < -0.4 is 10.2 Å². The first-order valence-electron chi connectivity index (χ1n) is 6.09. The molecule has 1 aliphatic rings. The highest BCUT2D eigenvalue weighted by atomic mass is 16.5. The molecule has 0 aliphatic carbocycles. The van der Waals surface area contributed by atoms with E-state index in [0.717, 1.165) is 4.90 Å². The van der Waals surface area contributed by atoms with Crippen LogP contribution >= 0.6 is 0 Å². The average molecular weight is 280 g/mol. The second kappa shape index (κ2) is 5.04. The number of rotatable bonds is 4. The highest BCUT2D eigenvalue weighted by molar-refractivity contribution is 6.29. The summed E-state index contributed by atoms with van der Waals surface area (Å²) in [5.41, 5.74) is -0.966. The van der Waals surface area contributed by atoms with Crippen LogP contribution in [0.4, 0.5) is 10.5 Å². The van der Waals surface area contributed by atoms with E-state index in [9.17, 15) is 14.4 Å². The minimum absolute atomic E-state index is 0.323. The van der Waals surface area contributed by atoms with E-state index in [0.29, 0.717) is 18.8 Å². The predicted molar refractivity (Wildman–Crippen MR) is 68.9 cm³/mol. The fraction of sp³-hybridized carbons (Fsp3) is 0.500. The molecule has 1 saturated heterocycles. The first-order valence-corrected chi connectivity index (χ1v) is 6.09. The number of methoxy groups -OCH3 is 1. The fourth-order valence-electron chi connectivity index (χ4n) is 1.79. The van der Waals surface area contributed by atoms with E-state index in [1.54, 1.807) is 18.0 Å². The summed E-state index contributed by atoms with van der Waals surface area (Å²) in [5.74, 6) is -1.17. The Balaban J connectivity index is 2.26. The monoisotopic (exact) mass is 280 g/mol. The quantitative estimate of drug-likeness (QED) is 0.792. The number of amides is 4. The van der Waals surface area contributed by atoms with Gasteiger partial charge < -0.3 is 4.74 Å². The van der Waals surface area contributed by atoms with Crippen molar-refractivity contribution >= 4 is 23.5 Å². The molecular weight excluding hydrogens is 264 g/mol. The van der Waals surface area contributed by atoms with Gasteiger partial charge >= 0.3 is 6.03 Å². The van der Waals surface area contributed by atoms with Crippen LogP contribution in [-0.4, -0.2) is 41.3 Å². The first kappa shape index (κ1) is 14.2. The van der Waals surface area contributed by atoms with Crippen molar-refractivity contribution in [2.24, 2.45) is 5.41 Å². The van der Waals surface area contributed by atoms with E-state index >= 15 is 0 Å². The van der Waals surface area contributed by atoms with Crippen LogP contribution in [0.1, 0.15) is 13.8 Å². The molecule has 8 heteroatoms. The van der Waals surface area contributed by atoms with Gasteiger partial charge in [-0.25, -0.2) is 9.69 Å². The third-order valence-electron chi connectivity index (χ3n) is 3.13. The number of hydrogen-bond acceptors (Lipinski definition) is 5. The molecule has 0 radical (unpaired) electrons. The van der Waals surface area contributed by atoms with Gasteiger partial charge in [-0.2, -0.15) is 5.10 Å². The molecule has 1 aromatic rings. The number of nitrogens with one attached hydrogen (secondary N) is 1. The molecule has 1 fully saturated rings. The number of carbonyl (C=O) groups excluding carboxylic acids is 3. The van der Waals surface area contributed by atoms with E-state index in [-0.39, 0.29) is 0 Å². The summed E-state index contributed by atoms with van der Waals surface area (Å²) in [6.07, 6.45) is 2.96. The van der Waals surface area contributed by atoms with E-state index in [1.165, 1.54) is 20.0 Å². The van der Waals surface area contributed by atoms with E-state index in [2.05, 4.69) is 10.4 Å². The maximum Gasteiger partial charge on any atom is 0.335 e. The van der Waals surface area contributed by atoms with Crippen molar-refractivity contribution in [3.05, 3.63) is 12.4 Å². The van der Waals surface area contributed by atoms with Gasteiger partial charge in [-0.15, -0.1) is 0 Å². The van der Waals surface area contributed by atoms with Gasteiger partial charge in [0.1, 0.15) is 5.41 Å². The van der Waals surface area contributed by atoms with Crippen molar-refractivity contribution in [2.75, 3.05) is 18.6 Å². The minimum Gasteiger partial charge on any atom is -0.383 e. The van der Waals surface area contributed by atoms with Crippen molar-refractivity contribution in [1.82, 2.24) is 15.1 Å². The van der Waals surface area contributed by atoms with Crippen molar-refractivity contribution in [3.8, 4) is 0 Å². The Bertz CT molecular complexity index is 564. The largest absolute Gasteiger partial charge is 0.383 e.